The molecule has 8 unspecified atom stereocenters. The molecule has 378 valence electrons. The van der Waals surface area contributed by atoms with E-state index in [0.29, 0.717) is 27.8 Å². The smallest absolute Gasteiger partial charge is 0.348 e. The average Bonchev–Trinajstić information content (AvgIpc) is 4.02. The van der Waals surface area contributed by atoms with Crippen LogP contribution >= 0.6 is 0 Å². The minimum absolute atomic E-state index is 0.00508. The van der Waals surface area contributed by atoms with E-state index in [1.807, 2.05) is 66.7 Å². The first-order valence-electron chi connectivity index (χ1n) is 24.1. The lowest BCUT2D eigenvalue weighted by molar-refractivity contribution is -0.213. The Morgan fingerprint density at radius 3 is 2.21 bits per heavy atom. The maximum absolute atomic E-state index is 15.3. The third-order valence-corrected chi connectivity index (χ3v) is 13.6. The number of nitrogens with one attached hydrogen (secondary N) is 2. The van der Waals surface area contributed by atoms with Crippen LogP contribution in [0.25, 0.3) is 6.08 Å². The van der Waals surface area contributed by atoms with Crippen LogP contribution in [0.15, 0.2) is 115 Å². The van der Waals surface area contributed by atoms with Gasteiger partial charge in [0.25, 0.3) is 5.91 Å². The molecule has 4 aromatic rings. The first-order valence-corrected chi connectivity index (χ1v) is 24.1. The number of fused-ring (bicyclic) bond motifs is 4. The minimum atomic E-state index is -1.57. The lowest BCUT2D eigenvalue weighted by Crippen LogP contribution is -2.69. The van der Waals surface area contributed by atoms with Crippen molar-refractivity contribution in [2.75, 3.05) is 13.2 Å². The van der Waals surface area contributed by atoms with Gasteiger partial charge in [-0.25, -0.2) is 9.59 Å². The highest BCUT2D eigenvalue weighted by atomic mass is 16.8. The number of cyclic esters (lactones) is 1. The van der Waals surface area contributed by atoms with Crippen LogP contribution in [0.4, 0.5) is 0 Å². The fraction of sp³-hybridized carbons (Fsp3) is 0.418. The maximum Gasteiger partial charge on any atom is 0.348 e. The molecule has 0 aromatic heterocycles. The van der Waals surface area contributed by atoms with Crippen molar-refractivity contribution in [3.8, 4) is 0 Å². The molecule has 2 bridgehead atoms. The van der Waals surface area contributed by atoms with Gasteiger partial charge in [0.05, 0.1) is 19.2 Å². The van der Waals surface area contributed by atoms with Crippen molar-refractivity contribution in [3.05, 3.63) is 149 Å². The third-order valence-electron chi connectivity index (χ3n) is 13.6. The summed E-state index contributed by atoms with van der Waals surface area (Å²) in [7, 11) is 0. The van der Waals surface area contributed by atoms with Crippen LogP contribution in [0.5, 0.6) is 0 Å². The Morgan fingerprint density at radius 2 is 1.54 bits per heavy atom. The normalized spacial score (nSPS) is 26.2. The molecule has 0 spiro atoms. The summed E-state index contributed by atoms with van der Waals surface area (Å²) in [5.74, 6) is -4.89. The van der Waals surface area contributed by atoms with E-state index in [0.717, 1.165) is 0 Å². The molecule has 8 atom stereocenters. The molecule has 5 fully saturated rings. The van der Waals surface area contributed by atoms with Gasteiger partial charge in [0, 0.05) is 47.6 Å². The van der Waals surface area contributed by atoms with E-state index in [9.17, 15) is 29.1 Å². The Labute approximate surface area is 417 Å². The molecule has 1 saturated carbocycles. The summed E-state index contributed by atoms with van der Waals surface area (Å²) < 4.78 is 36.3. The molecule has 4 aliphatic heterocycles. The fourth-order valence-corrected chi connectivity index (χ4v) is 10.3. The molecule has 17 nitrogen and oxygen atoms in total. The minimum Gasteiger partial charge on any atom is -0.462 e. The third kappa shape index (κ3) is 10.0. The monoisotopic (exact) mass is 985 g/mol. The van der Waals surface area contributed by atoms with E-state index in [-0.39, 0.29) is 44.5 Å². The van der Waals surface area contributed by atoms with Crippen LogP contribution in [-0.4, -0.2) is 107 Å². The highest BCUT2D eigenvalue weighted by Gasteiger charge is 2.76. The van der Waals surface area contributed by atoms with Gasteiger partial charge < -0.3 is 44.2 Å². The first-order chi connectivity index (χ1) is 34.4. The van der Waals surface area contributed by atoms with Gasteiger partial charge in [0.2, 0.25) is 17.8 Å². The molecule has 4 aromatic carbocycles. The van der Waals surface area contributed by atoms with Crippen molar-refractivity contribution in [1.29, 1.82) is 0 Å². The molecule has 2 amide bonds. The Morgan fingerprint density at radius 1 is 0.861 bits per heavy atom. The van der Waals surface area contributed by atoms with Gasteiger partial charge in [-0.2, -0.15) is 5.06 Å². The quantitative estimate of drug-likeness (QED) is 0.0747. The number of aliphatic hydroxyl groups excluding tert-OH is 1. The van der Waals surface area contributed by atoms with Crippen LogP contribution in [0, 0.1) is 10.8 Å². The van der Waals surface area contributed by atoms with Gasteiger partial charge in [-0.3, -0.25) is 24.0 Å². The number of carbonyl (C=O) groups is 6. The van der Waals surface area contributed by atoms with Crippen LogP contribution < -0.4 is 10.6 Å². The Kier molecular flexibility index (Phi) is 14.0. The predicted molar refractivity (Wildman–Crippen MR) is 256 cm³/mol. The van der Waals surface area contributed by atoms with E-state index in [1.54, 1.807) is 83.2 Å². The van der Waals surface area contributed by atoms with E-state index >= 15 is 4.79 Å². The SMILES string of the molecule is CC(C)(C)OC(=O)CCC(CO)NC(=O)c1cccc(CNC(=O)C23CC4OC(=O)C2N(Cc2cccc(C=CC(=O)OC5C(=O)OCC5(C)C)c2)OC3C2OC(c3ccccc3)(c3ccccc3)OC42)c1. The molecular weight excluding hydrogens is 927 g/mol. The van der Waals surface area contributed by atoms with Crippen LogP contribution in [0.1, 0.15) is 92.1 Å². The van der Waals surface area contributed by atoms with E-state index < -0.39 is 107 Å². The second kappa shape index (κ2) is 20.0. The number of ether oxygens (including phenoxy) is 6. The summed E-state index contributed by atoms with van der Waals surface area (Å²) in [4.78, 5) is 87.6. The van der Waals surface area contributed by atoms with E-state index in [1.165, 1.54) is 11.1 Å². The van der Waals surface area contributed by atoms with Crippen molar-refractivity contribution >= 4 is 41.8 Å². The lowest BCUT2D eigenvalue weighted by atomic mass is 9.62. The van der Waals surface area contributed by atoms with Crippen LogP contribution in [0.2, 0.25) is 0 Å². The first kappa shape index (κ1) is 50.2. The Balaban J connectivity index is 0.980. The summed E-state index contributed by atoms with van der Waals surface area (Å²) in [6, 6.07) is 30.7. The van der Waals surface area contributed by atoms with Gasteiger partial charge in [-0.1, -0.05) is 111 Å². The summed E-state index contributed by atoms with van der Waals surface area (Å²) in [6.45, 7) is 8.55. The zero-order valence-electron chi connectivity index (χ0n) is 40.7. The zero-order valence-corrected chi connectivity index (χ0v) is 40.7. The van der Waals surface area contributed by atoms with Gasteiger partial charge in [-0.15, -0.1) is 0 Å². The van der Waals surface area contributed by atoms with Crippen molar-refractivity contribution < 1.29 is 67.1 Å². The summed E-state index contributed by atoms with van der Waals surface area (Å²) >= 11 is 0. The second-order valence-electron chi connectivity index (χ2n) is 20.6. The molecule has 17 heteroatoms. The number of benzene rings is 4. The largest absolute Gasteiger partial charge is 0.462 e. The summed E-state index contributed by atoms with van der Waals surface area (Å²) in [5, 5.41) is 17.4. The number of hydrogen-bond donors (Lipinski definition) is 3. The maximum atomic E-state index is 15.3. The second-order valence-corrected chi connectivity index (χ2v) is 20.6. The molecule has 0 radical (unpaired) electrons. The van der Waals surface area contributed by atoms with Gasteiger partial charge in [-0.05, 0) is 62.1 Å². The highest BCUT2D eigenvalue weighted by molar-refractivity contribution is 5.95. The zero-order chi connectivity index (χ0) is 51.0. The molecule has 3 N–H and O–H groups in total. The Hall–Kier alpha value is -6.76. The molecule has 4 saturated heterocycles. The number of rotatable bonds is 16. The number of esters is 4. The van der Waals surface area contributed by atoms with Gasteiger partial charge in [0.15, 0.2) is 6.04 Å². The van der Waals surface area contributed by atoms with E-state index in [2.05, 4.69) is 10.6 Å². The molecular formula is C55H59N3O14. The fourth-order valence-electron chi connectivity index (χ4n) is 10.3. The number of amides is 2. The van der Waals surface area contributed by atoms with Crippen molar-refractivity contribution in [2.24, 2.45) is 10.8 Å². The van der Waals surface area contributed by atoms with Crippen LogP contribution in [0.3, 0.4) is 0 Å². The predicted octanol–water partition coefficient (Wildman–Crippen LogP) is 5.21. The van der Waals surface area contributed by atoms with Crippen LogP contribution in [-0.2, 0) is 76.1 Å². The van der Waals surface area contributed by atoms with Gasteiger partial charge >= 0.3 is 23.9 Å². The van der Waals surface area contributed by atoms with Crippen molar-refractivity contribution in [3.63, 3.8) is 0 Å². The highest BCUT2D eigenvalue weighted by Crippen LogP contribution is 2.59. The van der Waals surface area contributed by atoms with Crippen molar-refractivity contribution in [1.82, 2.24) is 15.7 Å². The van der Waals surface area contributed by atoms with Gasteiger partial charge in [0.1, 0.15) is 42.0 Å². The molecule has 4 heterocycles. The molecule has 5 aliphatic rings. The van der Waals surface area contributed by atoms with E-state index in [4.69, 9.17) is 33.3 Å². The average molecular weight is 986 g/mol. The number of carbonyl (C=O) groups excluding carboxylic acids is 6. The summed E-state index contributed by atoms with van der Waals surface area (Å²) in [5.41, 5.74) is 0.576. The molecule has 72 heavy (non-hydrogen) atoms. The lowest BCUT2D eigenvalue weighted by Gasteiger charge is -2.48. The number of hydroxylamine groups is 2. The standard InChI is InChI=1S/C55H59N3O14/c1-52(2,3)69-42(61)25-23-39(31-59)57-48(62)36-17-13-15-34(27-36)29-56-51(65)54-28-40-43-44(71-55(70-43,37-18-8-6-9-19-37)38-20-10-7-11-21-38)46(54)72-58(45(54)49(63)67-40)30-35-16-12-14-33(26-35)22-24-41(60)68-47-50(64)66-32-53(47,4)5/h6-22,24,26-27,39-40,43-47,59H,23,25,28-32H2,1-5H3,(H,56,65)(H,57,62). The number of nitrogens with zero attached hydrogens (tertiary/aromatic N) is 1. The number of hydrogen-bond acceptors (Lipinski definition) is 15. The topological polar surface area (TPSA) is 215 Å². The summed E-state index contributed by atoms with van der Waals surface area (Å²) in [6.07, 6.45) is -1.84. The molecule has 1 aliphatic carbocycles. The Bertz CT molecular complexity index is 2700. The van der Waals surface area contributed by atoms with Crippen molar-refractivity contribution in [2.45, 2.75) is 121 Å². The molecule has 9 rings (SSSR count). The number of aliphatic hydroxyl groups is 1.